The monoisotopic (exact) mass is 319 g/mol. The Balaban J connectivity index is 1.80. The Morgan fingerprint density at radius 3 is 2.65 bits per heavy atom. The number of aromatic nitrogens is 7. The second-order valence-electron chi connectivity index (χ2n) is 5.09. The molecule has 0 amide bonds. The fraction of sp³-hybridized carbons (Fsp3) is 0.417. The van der Waals surface area contributed by atoms with Crippen molar-refractivity contribution >= 4 is 11.2 Å². The maximum Gasteiger partial charge on any atom is 0.186 e. The smallest absolute Gasteiger partial charge is 0.186 e. The first kappa shape index (κ1) is 14.1. The van der Waals surface area contributed by atoms with Gasteiger partial charge < -0.3 is 20.1 Å². The van der Waals surface area contributed by atoms with Gasteiger partial charge in [-0.05, 0) is 0 Å². The summed E-state index contributed by atoms with van der Waals surface area (Å²) >= 11 is 0. The summed E-state index contributed by atoms with van der Waals surface area (Å²) < 4.78 is 8.43. The highest BCUT2D eigenvalue weighted by Crippen LogP contribution is 2.31. The molecule has 0 bridgehead atoms. The third kappa shape index (κ3) is 2.09. The molecule has 23 heavy (non-hydrogen) atoms. The molecule has 3 aromatic heterocycles. The zero-order valence-corrected chi connectivity index (χ0v) is 11.7. The zero-order valence-electron chi connectivity index (χ0n) is 11.7. The van der Waals surface area contributed by atoms with Crippen LogP contribution in [0.25, 0.3) is 17.0 Å². The molecule has 120 valence electrons. The first-order valence-electron chi connectivity index (χ1n) is 6.85. The minimum Gasteiger partial charge on any atom is -0.394 e. The Morgan fingerprint density at radius 1 is 1.09 bits per heavy atom. The molecule has 4 rings (SSSR count). The molecule has 3 aromatic rings. The number of imidazole rings is 1. The van der Waals surface area contributed by atoms with Crippen LogP contribution in [0.4, 0.5) is 0 Å². The maximum absolute atomic E-state index is 10.1. The third-order valence-corrected chi connectivity index (χ3v) is 3.77. The molecule has 1 saturated heterocycles. The van der Waals surface area contributed by atoms with E-state index in [0.29, 0.717) is 17.0 Å². The largest absolute Gasteiger partial charge is 0.394 e. The molecule has 0 aromatic carbocycles. The van der Waals surface area contributed by atoms with Gasteiger partial charge >= 0.3 is 0 Å². The average molecular weight is 319 g/mol. The number of hydrogen-bond donors (Lipinski definition) is 3. The summed E-state index contributed by atoms with van der Waals surface area (Å²) in [5.74, 6) is 0.429. The normalized spacial score (nSPS) is 27.8. The Hall–Kier alpha value is -2.47. The second-order valence-corrected chi connectivity index (χ2v) is 5.09. The molecule has 11 heteroatoms. The van der Waals surface area contributed by atoms with Gasteiger partial charge in [-0.15, -0.1) is 0 Å². The van der Waals surface area contributed by atoms with Crippen LogP contribution in [-0.4, -0.2) is 74.5 Å². The van der Waals surface area contributed by atoms with Gasteiger partial charge in [-0.25, -0.2) is 24.6 Å². The lowest BCUT2D eigenvalue weighted by Crippen LogP contribution is -2.33. The quantitative estimate of drug-likeness (QED) is 0.500. The standard InChI is InChI=1S/C12H13N7O4/c20-1-6-8(21)9(22)12(23-6)18-5-16-7-10(18)14-3-15-11(7)19-4-13-2-17-19/h2-6,8-9,12,20-22H,1H2/t6-,8-,9-,12-/m1/s1. The Kier molecular flexibility index (Phi) is 3.27. The molecule has 3 N–H and O–H groups in total. The first-order chi connectivity index (χ1) is 11.2. The minimum atomic E-state index is -1.21. The summed E-state index contributed by atoms with van der Waals surface area (Å²) in [4.78, 5) is 16.4. The molecular weight excluding hydrogens is 306 g/mol. The number of ether oxygens (including phenoxy) is 1. The summed E-state index contributed by atoms with van der Waals surface area (Å²) in [6.07, 6.45) is 1.42. The van der Waals surface area contributed by atoms with E-state index >= 15 is 0 Å². The molecule has 0 spiro atoms. The summed E-state index contributed by atoms with van der Waals surface area (Å²) in [6.45, 7) is -0.402. The van der Waals surface area contributed by atoms with Crippen molar-refractivity contribution in [3.8, 4) is 5.82 Å². The predicted octanol–water partition coefficient (Wildman–Crippen LogP) is -1.98. The van der Waals surface area contributed by atoms with Gasteiger partial charge in [0.15, 0.2) is 23.2 Å². The summed E-state index contributed by atoms with van der Waals surface area (Å²) in [7, 11) is 0. The summed E-state index contributed by atoms with van der Waals surface area (Å²) in [5, 5.41) is 33.2. The van der Waals surface area contributed by atoms with Crippen molar-refractivity contribution in [1.29, 1.82) is 0 Å². The van der Waals surface area contributed by atoms with Gasteiger partial charge in [-0.1, -0.05) is 0 Å². The lowest BCUT2D eigenvalue weighted by molar-refractivity contribution is -0.0511. The fourth-order valence-corrected chi connectivity index (χ4v) is 2.62. The summed E-state index contributed by atoms with van der Waals surface area (Å²) in [6, 6.07) is 0. The van der Waals surface area contributed by atoms with E-state index in [1.54, 1.807) is 0 Å². The lowest BCUT2D eigenvalue weighted by Gasteiger charge is -2.16. The van der Waals surface area contributed by atoms with Crippen molar-refractivity contribution in [1.82, 2.24) is 34.3 Å². The fourth-order valence-electron chi connectivity index (χ4n) is 2.62. The van der Waals surface area contributed by atoms with Crippen LogP contribution in [0.15, 0.2) is 25.3 Å². The highest BCUT2D eigenvalue weighted by molar-refractivity contribution is 5.78. The molecule has 0 saturated carbocycles. The average Bonchev–Trinajstić information content (AvgIpc) is 3.28. The Labute approximate surface area is 128 Å². The second kappa shape index (κ2) is 5.31. The number of rotatable bonds is 3. The van der Waals surface area contributed by atoms with E-state index in [9.17, 15) is 15.3 Å². The first-order valence-corrected chi connectivity index (χ1v) is 6.85. The van der Waals surface area contributed by atoms with Crippen LogP contribution in [0, 0.1) is 0 Å². The van der Waals surface area contributed by atoms with Crippen LogP contribution in [-0.2, 0) is 4.74 Å². The van der Waals surface area contributed by atoms with Crippen LogP contribution >= 0.6 is 0 Å². The molecular formula is C12H13N7O4. The van der Waals surface area contributed by atoms with Crippen LogP contribution in [0.5, 0.6) is 0 Å². The lowest BCUT2D eigenvalue weighted by atomic mass is 10.1. The molecule has 1 fully saturated rings. The molecule has 1 aliphatic heterocycles. The van der Waals surface area contributed by atoms with Crippen molar-refractivity contribution in [3.05, 3.63) is 25.3 Å². The van der Waals surface area contributed by atoms with Crippen LogP contribution in [0.2, 0.25) is 0 Å². The molecule has 4 heterocycles. The van der Waals surface area contributed by atoms with E-state index in [2.05, 4.69) is 25.0 Å². The van der Waals surface area contributed by atoms with Crippen molar-refractivity contribution in [2.75, 3.05) is 6.61 Å². The van der Waals surface area contributed by atoms with E-state index in [1.807, 2.05) is 0 Å². The number of nitrogens with zero attached hydrogens (tertiary/aromatic N) is 7. The molecule has 0 aliphatic carbocycles. The topological polar surface area (TPSA) is 144 Å². The van der Waals surface area contributed by atoms with Gasteiger partial charge in [-0.3, -0.25) is 4.57 Å². The molecule has 11 nitrogen and oxygen atoms in total. The maximum atomic E-state index is 10.1. The van der Waals surface area contributed by atoms with Crippen molar-refractivity contribution < 1.29 is 20.1 Å². The van der Waals surface area contributed by atoms with Gasteiger partial charge in [0.25, 0.3) is 0 Å². The van der Waals surface area contributed by atoms with E-state index in [0.717, 1.165) is 0 Å². The summed E-state index contributed by atoms with van der Waals surface area (Å²) in [5.41, 5.74) is 0.844. The number of hydrogen-bond acceptors (Lipinski definition) is 9. The van der Waals surface area contributed by atoms with Gasteiger partial charge in [0.05, 0.1) is 12.9 Å². The van der Waals surface area contributed by atoms with E-state index in [-0.39, 0.29) is 0 Å². The van der Waals surface area contributed by atoms with E-state index in [1.165, 1.54) is 34.6 Å². The SMILES string of the molecule is OC[C@H]1O[C@@H](n2cnc3c(-n4cncn4)ncnc32)[C@H](O)[C@@H]1O. The van der Waals surface area contributed by atoms with Crippen LogP contribution in [0.3, 0.4) is 0 Å². The molecule has 0 radical (unpaired) electrons. The van der Waals surface area contributed by atoms with Crippen LogP contribution < -0.4 is 0 Å². The molecule has 4 atom stereocenters. The van der Waals surface area contributed by atoms with Crippen LogP contribution in [0.1, 0.15) is 6.23 Å². The number of aliphatic hydroxyl groups excluding tert-OH is 3. The predicted molar refractivity (Wildman–Crippen MR) is 73.2 cm³/mol. The third-order valence-electron chi connectivity index (χ3n) is 3.77. The number of aliphatic hydroxyl groups is 3. The van der Waals surface area contributed by atoms with Gasteiger partial charge in [0.1, 0.15) is 37.3 Å². The zero-order chi connectivity index (χ0) is 16.0. The van der Waals surface area contributed by atoms with Crippen molar-refractivity contribution in [3.63, 3.8) is 0 Å². The van der Waals surface area contributed by atoms with Gasteiger partial charge in [0, 0.05) is 0 Å². The molecule has 0 unspecified atom stereocenters. The Bertz CT molecular complexity index is 820. The van der Waals surface area contributed by atoms with E-state index in [4.69, 9.17) is 4.74 Å². The van der Waals surface area contributed by atoms with Gasteiger partial charge in [-0.2, -0.15) is 5.10 Å². The van der Waals surface area contributed by atoms with Crippen molar-refractivity contribution in [2.45, 2.75) is 24.5 Å². The highest BCUT2D eigenvalue weighted by Gasteiger charge is 2.44. The highest BCUT2D eigenvalue weighted by atomic mass is 16.6. The minimum absolute atomic E-state index is 0.402. The van der Waals surface area contributed by atoms with Gasteiger partial charge in [0.2, 0.25) is 0 Å². The molecule has 1 aliphatic rings. The van der Waals surface area contributed by atoms with E-state index < -0.39 is 31.1 Å². The Morgan fingerprint density at radius 2 is 1.96 bits per heavy atom. The number of fused-ring (bicyclic) bond motifs is 1. The van der Waals surface area contributed by atoms with Crippen molar-refractivity contribution in [2.24, 2.45) is 0 Å².